The number of carbonyl (C=O) groups is 1. The van der Waals surface area contributed by atoms with Crippen LogP contribution < -0.4 is 5.32 Å². The van der Waals surface area contributed by atoms with Crippen molar-refractivity contribution in [3.63, 3.8) is 0 Å². The van der Waals surface area contributed by atoms with Crippen molar-refractivity contribution in [1.29, 1.82) is 0 Å². The molecule has 1 atom stereocenters. The van der Waals surface area contributed by atoms with E-state index in [0.29, 0.717) is 18.4 Å². The first-order valence-corrected chi connectivity index (χ1v) is 7.13. The van der Waals surface area contributed by atoms with Gasteiger partial charge in [0.05, 0.1) is 10.8 Å². The lowest BCUT2D eigenvalue weighted by atomic mass is 9.95. The summed E-state index contributed by atoms with van der Waals surface area (Å²) in [7, 11) is 0. The molecular weight excluding hydrogens is 272 g/mol. The lowest BCUT2D eigenvalue weighted by molar-refractivity contribution is -0.384. The third-order valence-corrected chi connectivity index (χ3v) is 4.04. The molecule has 0 spiro atoms. The number of hydrogen-bond acceptors (Lipinski definition) is 4. The highest BCUT2D eigenvalue weighted by atomic mass is 16.6. The van der Waals surface area contributed by atoms with Gasteiger partial charge in [0.25, 0.3) is 5.69 Å². The molecular formula is C15H20N2O4. The van der Waals surface area contributed by atoms with Crippen LogP contribution in [0.5, 0.6) is 0 Å². The van der Waals surface area contributed by atoms with E-state index in [1.807, 2.05) is 6.92 Å². The Kier molecular flexibility index (Phi) is 4.16. The van der Waals surface area contributed by atoms with Gasteiger partial charge in [-0.05, 0) is 44.2 Å². The van der Waals surface area contributed by atoms with Gasteiger partial charge >= 0.3 is 5.97 Å². The van der Waals surface area contributed by atoms with E-state index in [9.17, 15) is 20.0 Å². The maximum atomic E-state index is 11.2. The van der Waals surface area contributed by atoms with Crippen LogP contribution in [0.4, 0.5) is 11.4 Å². The van der Waals surface area contributed by atoms with Crippen LogP contribution in [0.15, 0.2) is 18.2 Å². The second-order valence-corrected chi connectivity index (χ2v) is 5.93. The van der Waals surface area contributed by atoms with Crippen LogP contribution in [0.1, 0.15) is 38.7 Å². The molecule has 0 heterocycles. The molecule has 0 aliphatic heterocycles. The fraction of sp³-hybridized carbons (Fsp3) is 0.533. The Morgan fingerprint density at radius 1 is 1.52 bits per heavy atom. The molecule has 0 radical (unpaired) electrons. The van der Waals surface area contributed by atoms with Crippen molar-refractivity contribution in [2.75, 3.05) is 5.32 Å². The molecule has 1 aliphatic carbocycles. The summed E-state index contributed by atoms with van der Waals surface area (Å²) in [5, 5.41) is 23.5. The van der Waals surface area contributed by atoms with E-state index in [2.05, 4.69) is 12.2 Å². The van der Waals surface area contributed by atoms with E-state index < -0.39 is 16.8 Å². The number of nitro benzene ring substituents is 1. The molecule has 0 bridgehead atoms. The van der Waals surface area contributed by atoms with Gasteiger partial charge in [-0.15, -0.1) is 0 Å². The van der Waals surface area contributed by atoms with Gasteiger partial charge in [0.1, 0.15) is 0 Å². The van der Waals surface area contributed by atoms with Gasteiger partial charge in [0.15, 0.2) is 0 Å². The zero-order valence-corrected chi connectivity index (χ0v) is 12.3. The molecule has 2 N–H and O–H groups in total. The molecule has 1 aromatic carbocycles. The van der Waals surface area contributed by atoms with E-state index in [0.717, 1.165) is 18.5 Å². The zero-order valence-electron chi connectivity index (χ0n) is 12.3. The van der Waals surface area contributed by atoms with E-state index in [4.69, 9.17) is 0 Å². The summed E-state index contributed by atoms with van der Waals surface area (Å²) >= 11 is 0. The van der Waals surface area contributed by atoms with Gasteiger partial charge < -0.3 is 10.4 Å². The number of nitro groups is 1. The van der Waals surface area contributed by atoms with Gasteiger partial charge in [-0.2, -0.15) is 0 Å². The summed E-state index contributed by atoms with van der Waals surface area (Å²) in [6, 6.07) is 4.63. The average molecular weight is 292 g/mol. The predicted octanol–water partition coefficient (Wildman–Crippen LogP) is 3.21. The van der Waals surface area contributed by atoms with Crippen molar-refractivity contribution in [1.82, 2.24) is 0 Å². The van der Waals surface area contributed by atoms with Crippen molar-refractivity contribution in [3.05, 3.63) is 33.9 Å². The molecule has 2 rings (SSSR count). The van der Waals surface area contributed by atoms with Crippen LogP contribution in [0.3, 0.4) is 0 Å². The Hall–Kier alpha value is -2.11. The number of carboxylic acids is 1. The third-order valence-electron chi connectivity index (χ3n) is 4.04. The maximum Gasteiger partial charge on any atom is 0.306 e. The number of aliphatic carboxylic acids is 1. The molecule has 114 valence electrons. The summed E-state index contributed by atoms with van der Waals surface area (Å²) in [5.41, 5.74) is 1.54. The normalized spacial score (nSPS) is 17.0. The largest absolute Gasteiger partial charge is 0.481 e. The molecule has 0 saturated heterocycles. The molecule has 0 amide bonds. The number of carboxylic acid groups (broad SMARTS) is 1. The smallest absolute Gasteiger partial charge is 0.306 e. The lowest BCUT2D eigenvalue weighted by Gasteiger charge is -2.18. The Balaban J connectivity index is 2.30. The molecule has 0 aromatic heterocycles. The average Bonchev–Trinajstić information content (AvgIpc) is 3.14. The van der Waals surface area contributed by atoms with Crippen LogP contribution in [0, 0.1) is 16.0 Å². The van der Waals surface area contributed by atoms with Gasteiger partial charge in [-0.1, -0.05) is 6.92 Å². The second-order valence-electron chi connectivity index (χ2n) is 5.93. The number of hydrogen-bond donors (Lipinski definition) is 2. The first-order valence-electron chi connectivity index (χ1n) is 7.13. The van der Waals surface area contributed by atoms with Crippen molar-refractivity contribution in [2.24, 2.45) is 5.92 Å². The molecule has 21 heavy (non-hydrogen) atoms. The number of non-ortho nitro benzene ring substituents is 1. The molecule has 6 heteroatoms. The molecule has 6 nitrogen and oxygen atoms in total. The highest BCUT2D eigenvalue weighted by Gasteiger charge is 2.37. The summed E-state index contributed by atoms with van der Waals surface area (Å²) < 4.78 is 0. The van der Waals surface area contributed by atoms with Gasteiger partial charge in [-0.3, -0.25) is 14.9 Å². The minimum atomic E-state index is -0.868. The second kappa shape index (κ2) is 5.71. The Bertz CT molecular complexity index is 567. The van der Waals surface area contributed by atoms with Crippen LogP contribution in [0.2, 0.25) is 0 Å². The number of benzene rings is 1. The minimum Gasteiger partial charge on any atom is -0.481 e. The molecule has 1 aliphatic rings. The molecule has 1 aromatic rings. The summed E-state index contributed by atoms with van der Waals surface area (Å²) in [4.78, 5) is 21.7. The van der Waals surface area contributed by atoms with Crippen LogP contribution in [-0.2, 0) is 11.2 Å². The topological polar surface area (TPSA) is 92.5 Å². The quantitative estimate of drug-likeness (QED) is 0.594. The first kappa shape index (κ1) is 15.3. The van der Waals surface area contributed by atoms with E-state index in [1.54, 1.807) is 6.07 Å². The zero-order chi connectivity index (χ0) is 15.6. The first-order chi connectivity index (χ1) is 9.84. The highest BCUT2D eigenvalue weighted by Crippen LogP contribution is 2.39. The van der Waals surface area contributed by atoms with Crippen molar-refractivity contribution < 1.29 is 14.8 Å². The van der Waals surface area contributed by atoms with E-state index in [1.165, 1.54) is 12.1 Å². The molecule has 1 saturated carbocycles. The van der Waals surface area contributed by atoms with Crippen molar-refractivity contribution in [2.45, 2.75) is 45.1 Å². The number of rotatable bonds is 7. The fourth-order valence-electron chi connectivity index (χ4n) is 2.29. The van der Waals surface area contributed by atoms with Crippen molar-refractivity contribution in [3.8, 4) is 0 Å². The van der Waals surface area contributed by atoms with Gasteiger partial charge in [-0.25, -0.2) is 0 Å². The monoisotopic (exact) mass is 292 g/mol. The number of nitrogens with one attached hydrogen (secondary N) is 1. The Morgan fingerprint density at radius 2 is 2.19 bits per heavy atom. The van der Waals surface area contributed by atoms with E-state index in [-0.39, 0.29) is 11.2 Å². The maximum absolute atomic E-state index is 11.2. The standard InChI is InChI=1S/C15H20N2O4/c1-3-10(14(18)19)8-11-9-12(17(20)21)4-5-13(11)16-15(2)6-7-15/h4-5,9-10,16H,3,6-8H2,1-2H3,(H,18,19). The SMILES string of the molecule is CCC(Cc1cc([N+](=O)[O-])ccc1NC1(C)CC1)C(=O)O. The summed E-state index contributed by atoms with van der Waals surface area (Å²) in [5.74, 6) is -1.40. The summed E-state index contributed by atoms with van der Waals surface area (Å²) in [6.07, 6.45) is 2.90. The molecule has 1 unspecified atom stereocenters. The highest BCUT2D eigenvalue weighted by molar-refractivity contribution is 5.71. The van der Waals surface area contributed by atoms with E-state index >= 15 is 0 Å². The fourth-order valence-corrected chi connectivity index (χ4v) is 2.29. The predicted molar refractivity (Wildman–Crippen MR) is 79.5 cm³/mol. The van der Waals surface area contributed by atoms with Crippen LogP contribution in [0.25, 0.3) is 0 Å². The third kappa shape index (κ3) is 3.71. The van der Waals surface area contributed by atoms with Crippen LogP contribution >= 0.6 is 0 Å². The van der Waals surface area contributed by atoms with Gasteiger partial charge in [0, 0.05) is 23.4 Å². The minimum absolute atomic E-state index is 0.00302. The lowest BCUT2D eigenvalue weighted by Crippen LogP contribution is -2.20. The van der Waals surface area contributed by atoms with Gasteiger partial charge in [0.2, 0.25) is 0 Å². The Morgan fingerprint density at radius 3 is 2.67 bits per heavy atom. The summed E-state index contributed by atoms with van der Waals surface area (Å²) in [6.45, 7) is 3.90. The number of nitrogens with zero attached hydrogens (tertiary/aromatic N) is 1. The molecule has 1 fully saturated rings. The Labute approximate surface area is 123 Å². The van der Waals surface area contributed by atoms with Crippen LogP contribution in [-0.4, -0.2) is 21.5 Å². The van der Waals surface area contributed by atoms with Crippen molar-refractivity contribution >= 4 is 17.3 Å². The number of anilines is 1.